The van der Waals surface area contributed by atoms with Gasteiger partial charge in [0.25, 0.3) is 0 Å². The molecule has 0 spiro atoms. The lowest BCUT2D eigenvalue weighted by molar-refractivity contribution is 0.1000. The van der Waals surface area contributed by atoms with Crippen molar-refractivity contribution in [3.63, 3.8) is 0 Å². The van der Waals surface area contributed by atoms with Crippen LogP contribution in [-0.2, 0) is 10.0 Å². The van der Waals surface area contributed by atoms with Gasteiger partial charge in [0.2, 0.25) is 15.9 Å². The number of aromatic hydroxyl groups is 1. The Balaban J connectivity index is 3.44. The van der Waals surface area contributed by atoms with Gasteiger partial charge in [0, 0.05) is 5.56 Å². The van der Waals surface area contributed by atoms with Crippen LogP contribution in [0.3, 0.4) is 0 Å². The van der Waals surface area contributed by atoms with Crippen molar-refractivity contribution in [2.75, 3.05) is 0 Å². The van der Waals surface area contributed by atoms with E-state index in [0.29, 0.717) is 0 Å². The Morgan fingerprint density at radius 1 is 1.36 bits per heavy atom. The maximum Gasteiger partial charge on any atom is 0.248 e. The molecule has 0 aliphatic heterocycles. The summed E-state index contributed by atoms with van der Waals surface area (Å²) < 4.78 is 21.8. The fraction of sp³-hybridized carbons (Fsp3) is 0. The van der Waals surface area contributed by atoms with Crippen molar-refractivity contribution in [3.05, 3.63) is 23.8 Å². The molecule has 14 heavy (non-hydrogen) atoms. The van der Waals surface area contributed by atoms with E-state index in [1.807, 2.05) is 0 Å². The van der Waals surface area contributed by atoms with Gasteiger partial charge >= 0.3 is 0 Å². The molecule has 0 heterocycles. The SMILES string of the molecule is NC(=O)c1ccc(O)c(S(N)(=O)=O)c1. The zero-order chi connectivity index (χ0) is 10.9. The number of carbonyl (C=O) groups is 1. The second-order valence-corrected chi connectivity index (χ2v) is 4.12. The molecule has 5 N–H and O–H groups in total. The molecule has 0 saturated heterocycles. The average molecular weight is 216 g/mol. The van der Waals surface area contributed by atoms with E-state index >= 15 is 0 Å². The number of nitrogens with two attached hydrogens (primary N) is 2. The highest BCUT2D eigenvalue weighted by Gasteiger charge is 2.15. The highest BCUT2D eigenvalue weighted by atomic mass is 32.2. The molecule has 0 fully saturated rings. The van der Waals surface area contributed by atoms with Gasteiger partial charge in [-0.15, -0.1) is 0 Å². The fourth-order valence-corrected chi connectivity index (χ4v) is 1.55. The molecule has 1 amide bonds. The van der Waals surface area contributed by atoms with Crippen molar-refractivity contribution in [1.82, 2.24) is 0 Å². The molecule has 1 aromatic rings. The number of hydrogen-bond acceptors (Lipinski definition) is 4. The molecule has 0 aromatic heterocycles. The highest BCUT2D eigenvalue weighted by molar-refractivity contribution is 7.89. The molecule has 0 aliphatic carbocycles. The quantitative estimate of drug-likeness (QED) is 0.594. The van der Waals surface area contributed by atoms with Crippen LogP contribution in [0.1, 0.15) is 10.4 Å². The van der Waals surface area contributed by atoms with Crippen molar-refractivity contribution in [2.45, 2.75) is 4.90 Å². The van der Waals surface area contributed by atoms with Crippen LogP contribution in [0.2, 0.25) is 0 Å². The minimum Gasteiger partial charge on any atom is -0.507 e. The van der Waals surface area contributed by atoms with Crippen molar-refractivity contribution in [2.24, 2.45) is 10.9 Å². The molecule has 1 aromatic carbocycles. The normalized spacial score (nSPS) is 11.2. The number of sulfonamides is 1. The van der Waals surface area contributed by atoms with Crippen LogP contribution < -0.4 is 10.9 Å². The lowest BCUT2D eigenvalue weighted by Crippen LogP contribution is -2.15. The van der Waals surface area contributed by atoms with E-state index in [-0.39, 0.29) is 5.56 Å². The Bertz CT molecular complexity index is 480. The summed E-state index contributed by atoms with van der Waals surface area (Å²) in [6, 6.07) is 3.17. The second-order valence-electron chi connectivity index (χ2n) is 2.59. The van der Waals surface area contributed by atoms with Gasteiger partial charge in [-0.25, -0.2) is 13.6 Å². The number of rotatable bonds is 2. The molecule has 1 rings (SSSR count). The summed E-state index contributed by atoms with van der Waals surface area (Å²) in [5, 5.41) is 13.9. The number of primary amides is 1. The Morgan fingerprint density at radius 2 is 1.93 bits per heavy atom. The van der Waals surface area contributed by atoms with Crippen molar-refractivity contribution < 1.29 is 18.3 Å². The first-order valence-corrected chi connectivity index (χ1v) is 5.02. The number of hydrogen-bond donors (Lipinski definition) is 3. The molecule has 6 nitrogen and oxygen atoms in total. The molecule has 0 bridgehead atoms. The first kappa shape index (κ1) is 10.5. The maximum absolute atomic E-state index is 10.9. The van der Waals surface area contributed by atoms with Gasteiger partial charge in [-0.1, -0.05) is 0 Å². The zero-order valence-electron chi connectivity index (χ0n) is 6.97. The summed E-state index contributed by atoms with van der Waals surface area (Å²) in [6.07, 6.45) is 0. The Kier molecular flexibility index (Phi) is 2.45. The van der Waals surface area contributed by atoms with Crippen LogP contribution in [0.15, 0.2) is 23.1 Å². The number of phenolic OH excluding ortho intramolecular Hbond substituents is 1. The summed E-state index contributed by atoms with van der Waals surface area (Å²) in [4.78, 5) is 10.2. The summed E-state index contributed by atoms with van der Waals surface area (Å²) in [5.74, 6) is -1.31. The molecule has 7 heteroatoms. The lowest BCUT2D eigenvalue weighted by Gasteiger charge is -2.02. The molecule has 0 saturated carbocycles. The van der Waals surface area contributed by atoms with E-state index in [9.17, 15) is 13.2 Å². The van der Waals surface area contributed by atoms with Crippen LogP contribution in [0.5, 0.6) is 5.75 Å². The van der Waals surface area contributed by atoms with Gasteiger partial charge in [0.05, 0.1) is 0 Å². The molecular formula is C7H8N2O4S. The third-order valence-corrected chi connectivity index (χ3v) is 2.49. The maximum atomic E-state index is 10.9. The predicted molar refractivity (Wildman–Crippen MR) is 48.0 cm³/mol. The van der Waals surface area contributed by atoms with Crippen molar-refractivity contribution >= 4 is 15.9 Å². The lowest BCUT2D eigenvalue weighted by atomic mass is 10.2. The standard InChI is InChI=1S/C7H8N2O4S/c8-7(11)4-1-2-5(10)6(3-4)14(9,12)13/h1-3,10H,(H2,8,11)(H2,9,12,13). The zero-order valence-corrected chi connectivity index (χ0v) is 7.78. The van der Waals surface area contributed by atoms with Gasteiger partial charge in [0.1, 0.15) is 10.6 Å². The highest BCUT2D eigenvalue weighted by Crippen LogP contribution is 2.21. The van der Waals surface area contributed by atoms with E-state index in [2.05, 4.69) is 0 Å². The van der Waals surface area contributed by atoms with Crippen LogP contribution >= 0.6 is 0 Å². The summed E-state index contributed by atoms with van der Waals surface area (Å²) in [5.41, 5.74) is 4.88. The molecule has 76 valence electrons. The third-order valence-electron chi connectivity index (χ3n) is 1.55. The van der Waals surface area contributed by atoms with E-state index in [1.54, 1.807) is 0 Å². The number of amides is 1. The first-order chi connectivity index (χ1) is 6.32. The van der Waals surface area contributed by atoms with Crippen molar-refractivity contribution in [3.8, 4) is 5.75 Å². The average Bonchev–Trinajstić information content (AvgIpc) is 2.02. The number of primary sulfonamides is 1. The Morgan fingerprint density at radius 3 is 2.36 bits per heavy atom. The fourth-order valence-electron chi connectivity index (χ4n) is 0.895. The minimum absolute atomic E-state index is 0.0353. The summed E-state index contributed by atoms with van der Waals surface area (Å²) in [7, 11) is -4.05. The minimum atomic E-state index is -4.05. The number of phenols is 1. The topological polar surface area (TPSA) is 123 Å². The van der Waals surface area contributed by atoms with Gasteiger partial charge < -0.3 is 10.8 Å². The largest absolute Gasteiger partial charge is 0.507 e. The number of carbonyl (C=O) groups excluding carboxylic acids is 1. The van der Waals surface area contributed by atoms with Gasteiger partial charge in [-0.05, 0) is 18.2 Å². The molecule has 0 atom stereocenters. The third kappa shape index (κ3) is 2.01. The summed E-state index contributed by atoms with van der Waals surface area (Å²) >= 11 is 0. The second kappa shape index (κ2) is 3.28. The van der Waals surface area contributed by atoms with Crippen LogP contribution in [0, 0.1) is 0 Å². The van der Waals surface area contributed by atoms with Crippen LogP contribution in [-0.4, -0.2) is 19.4 Å². The molecule has 0 aliphatic rings. The Hall–Kier alpha value is -1.60. The van der Waals surface area contributed by atoms with Crippen LogP contribution in [0.25, 0.3) is 0 Å². The van der Waals surface area contributed by atoms with E-state index in [1.165, 1.54) is 6.07 Å². The molecular weight excluding hydrogens is 208 g/mol. The summed E-state index contributed by atoms with van der Waals surface area (Å²) in [6.45, 7) is 0. The van der Waals surface area contributed by atoms with Crippen LogP contribution in [0.4, 0.5) is 0 Å². The molecule has 0 unspecified atom stereocenters. The number of benzene rings is 1. The monoisotopic (exact) mass is 216 g/mol. The van der Waals surface area contributed by atoms with E-state index < -0.39 is 26.6 Å². The van der Waals surface area contributed by atoms with Gasteiger partial charge in [0.15, 0.2) is 0 Å². The smallest absolute Gasteiger partial charge is 0.248 e. The predicted octanol–water partition coefficient (Wildman–Crippen LogP) is -0.861. The van der Waals surface area contributed by atoms with Gasteiger partial charge in [-0.3, -0.25) is 4.79 Å². The Labute approximate surface area is 80.2 Å². The van der Waals surface area contributed by atoms with E-state index in [0.717, 1.165) is 12.1 Å². The van der Waals surface area contributed by atoms with E-state index in [4.69, 9.17) is 16.0 Å². The van der Waals surface area contributed by atoms with Crippen molar-refractivity contribution in [1.29, 1.82) is 0 Å². The first-order valence-electron chi connectivity index (χ1n) is 3.48. The molecule has 0 radical (unpaired) electrons. The van der Waals surface area contributed by atoms with Gasteiger partial charge in [-0.2, -0.15) is 0 Å².